The predicted octanol–water partition coefficient (Wildman–Crippen LogP) is 6.19. The van der Waals surface area contributed by atoms with Gasteiger partial charge >= 0.3 is 6.18 Å². The topological polar surface area (TPSA) is 20.2 Å². The van der Waals surface area contributed by atoms with Crippen LogP contribution in [-0.4, -0.2) is 5.11 Å². The lowest BCUT2D eigenvalue weighted by molar-refractivity contribution is -0.143. The minimum absolute atomic E-state index is 0.212. The third-order valence-electron chi connectivity index (χ3n) is 6.46. The summed E-state index contributed by atoms with van der Waals surface area (Å²) in [7, 11) is 0. The van der Waals surface area contributed by atoms with Crippen molar-refractivity contribution in [2.75, 3.05) is 0 Å². The van der Waals surface area contributed by atoms with Crippen LogP contribution in [0.5, 0.6) is 0 Å². The van der Waals surface area contributed by atoms with E-state index in [-0.39, 0.29) is 12.8 Å². The van der Waals surface area contributed by atoms with E-state index in [2.05, 4.69) is 6.92 Å². The number of aliphatic hydroxyl groups is 1. The van der Waals surface area contributed by atoms with E-state index in [0.717, 1.165) is 24.8 Å². The van der Waals surface area contributed by atoms with Gasteiger partial charge in [0.1, 0.15) is 17.2 Å². The van der Waals surface area contributed by atoms with E-state index < -0.39 is 34.5 Å². The van der Waals surface area contributed by atoms with Crippen LogP contribution in [0, 0.1) is 29.4 Å². The van der Waals surface area contributed by atoms with Crippen molar-refractivity contribution in [1.82, 2.24) is 0 Å². The summed E-state index contributed by atoms with van der Waals surface area (Å²) in [5, 5.41) is 10.8. The molecule has 2 saturated carbocycles. The van der Waals surface area contributed by atoms with Crippen LogP contribution in [0.15, 0.2) is 12.1 Å². The Labute approximate surface area is 150 Å². The second-order valence-corrected chi connectivity index (χ2v) is 8.17. The Bertz CT molecular complexity index is 638. The second kappa shape index (κ2) is 7.10. The van der Waals surface area contributed by atoms with Gasteiger partial charge < -0.3 is 5.11 Å². The molecular formula is C20H25F5O. The molecule has 1 aromatic carbocycles. The van der Waals surface area contributed by atoms with E-state index in [1.807, 2.05) is 0 Å². The molecule has 6 heteroatoms. The molecule has 3 rings (SSSR count). The molecule has 0 saturated heterocycles. The van der Waals surface area contributed by atoms with Crippen LogP contribution < -0.4 is 0 Å². The average molecular weight is 376 g/mol. The molecular weight excluding hydrogens is 351 g/mol. The van der Waals surface area contributed by atoms with Gasteiger partial charge in [-0.1, -0.05) is 25.8 Å². The van der Waals surface area contributed by atoms with Crippen LogP contribution in [0.25, 0.3) is 0 Å². The monoisotopic (exact) mass is 376 g/mol. The number of halogens is 5. The molecule has 0 heterocycles. The molecule has 26 heavy (non-hydrogen) atoms. The lowest BCUT2D eigenvalue weighted by atomic mass is 9.67. The molecule has 2 aliphatic rings. The third kappa shape index (κ3) is 3.75. The normalized spacial score (nSPS) is 33.3. The maximum absolute atomic E-state index is 14.4. The maximum Gasteiger partial charge on any atom is 0.422 e. The largest absolute Gasteiger partial charge is 0.422 e. The Morgan fingerprint density at radius 3 is 2.00 bits per heavy atom. The van der Waals surface area contributed by atoms with E-state index in [1.165, 1.54) is 12.8 Å². The summed E-state index contributed by atoms with van der Waals surface area (Å²) in [6, 6.07) is 1.57. The Balaban J connectivity index is 1.77. The van der Waals surface area contributed by atoms with Gasteiger partial charge in [0.2, 0.25) is 0 Å². The van der Waals surface area contributed by atoms with Crippen LogP contribution in [0.1, 0.15) is 69.4 Å². The first-order valence-corrected chi connectivity index (χ1v) is 9.40. The average Bonchev–Trinajstić information content (AvgIpc) is 2.55. The standard InChI is InChI=1S/C20H25F5O/c1-12-2-4-13(5-3-12)14-8-10-19(26,11-9-14)15-6-7-16(21)17(18(15)22)20(23,24)25/h6-7,12-14,26H,2-5,8-11H2,1H3. The minimum Gasteiger partial charge on any atom is -0.385 e. The van der Waals surface area contributed by atoms with Crippen molar-refractivity contribution in [3.05, 3.63) is 34.9 Å². The summed E-state index contributed by atoms with van der Waals surface area (Å²) in [4.78, 5) is 0. The first-order valence-electron chi connectivity index (χ1n) is 9.40. The molecule has 0 aliphatic heterocycles. The Kier molecular flexibility index (Phi) is 5.35. The molecule has 1 nitrogen and oxygen atoms in total. The molecule has 1 N–H and O–H groups in total. The van der Waals surface area contributed by atoms with Gasteiger partial charge in [0.05, 0.1) is 5.60 Å². The van der Waals surface area contributed by atoms with Gasteiger partial charge in [-0.2, -0.15) is 13.2 Å². The molecule has 1 aromatic rings. The zero-order valence-electron chi connectivity index (χ0n) is 14.9. The summed E-state index contributed by atoms with van der Waals surface area (Å²) in [6.07, 6.45) is 1.28. The van der Waals surface area contributed by atoms with Gasteiger partial charge in [0, 0.05) is 5.56 Å². The summed E-state index contributed by atoms with van der Waals surface area (Å²) in [5.41, 5.74) is -4.00. The van der Waals surface area contributed by atoms with E-state index in [0.29, 0.717) is 30.7 Å². The van der Waals surface area contributed by atoms with E-state index in [9.17, 15) is 27.1 Å². The fourth-order valence-electron chi connectivity index (χ4n) is 4.79. The molecule has 0 aromatic heterocycles. The van der Waals surface area contributed by atoms with Crippen molar-refractivity contribution in [2.45, 2.75) is 70.1 Å². The quantitative estimate of drug-likeness (QED) is 0.611. The zero-order chi connectivity index (χ0) is 19.1. The third-order valence-corrected chi connectivity index (χ3v) is 6.46. The molecule has 0 radical (unpaired) electrons. The molecule has 0 amide bonds. The number of alkyl halides is 3. The van der Waals surface area contributed by atoms with Crippen molar-refractivity contribution >= 4 is 0 Å². The summed E-state index contributed by atoms with van der Waals surface area (Å²) < 4.78 is 66.8. The zero-order valence-corrected chi connectivity index (χ0v) is 14.9. The molecule has 0 atom stereocenters. The summed E-state index contributed by atoms with van der Waals surface area (Å²) in [6.45, 7) is 2.24. The maximum atomic E-state index is 14.4. The fourth-order valence-corrected chi connectivity index (χ4v) is 4.79. The number of rotatable bonds is 2. The van der Waals surface area contributed by atoms with Gasteiger partial charge in [-0.15, -0.1) is 0 Å². The summed E-state index contributed by atoms with van der Waals surface area (Å²) >= 11 is 0. The van der Waals surface area contributed by atoms with Gasteiger partial charge in [0.25, 0.3) is 0 Å². The highest BCUT2D eigenvalue weighted by atomic mass is 19.4. The van der Waals surface area contributed by atoms with Crippen LogP contribution >= 0.6 is 0 Å². The smallest absolute Gasteiger partial charge is 0.385 e. The van der Waals surface area contributed by atoms with Gasteiger partial charge in [-0.25, -0.2) is 8.78 Å². The van der Waals surface area contributed by atoms with Crippen molar-refractivity contribution in [2.24, 2.45) is 17.8 Å². The van der Waals surface area contributed by atoms with E-state index in [1.54, 1.807) is 0 Å². The lowest BCUT2D eigenvalue weighted by Gasteiger charge is -2.41. The first kappa shape index (κ1) is 19.6. The Hall–Kier alpha value is -1.17. The van der Waals surface area contributed by atoms with Gasteiger partial charge in [-0.3, -0.25) is 0 Å². The van der Waals surface area contributed by atoms with Crippen LogP contribution in [0.2, 0.25) is 0 Å². The minimum atomic E-state index is -5.13. The number of hydrogen-bond acceptors (Lipinski definition) is 1. The molecule has 2 fully saturated rings. The van der Waals surface area contributed by atoms with Crippen molar-refractivity contribution in [3.63, 3.8) is 0 Å². The Morgan fingerprint density at radius 2 is 1.46 bits per heavy atom. The van der Waals surface area contributed by atoms with Gasteiger partial charge in [0.15, 0.2) is 0 Å². The molecule has 0 spiro atoms. The molecule has 146 valence electrons. The van der Waals surface area contributed by atoms with Crippen LogP contribution in [0.4, 0.5) is 22.0 Å². The SMILES string of the molecule is CC1CCC(C2CCC(O)(c3ccc(F)c(C(F)(F)F)c3F)CC2)CC1. The molecule has 0 bridgehead atoms. The highest BCUT2D eigenvalue weighted by molar-refractivity contribution is 5.34. The molecule has 0 unspecified atom stereocenters. The Morgan fingerprint density at radius 1 is 0.923 bits per heavy atom. The number of benzene rings is 1. The highest BCUT2D eigenvalue weighted by Crippen LogP contribution is 2.47. The van der Waals surface area contributed by atoms with Crippen LogP contribution in [0.3, 0.4) is 0 Å². The number of hydrogen-bond donors (Lipinski definition) is 1. The van der Waals surface area contributed by atoms with E-state index >= 15 is 0 Å². The van der Waals surface area contributed by atoms with Crippen molar-refractivity contribution in [1.29, 1.82) is 0 Å². The second-order valence-electron chi connectivity index (χ2n) is 8.17. The molecule has 2 aliphatic carbocycles. The van der Waals surface area contributed by atoms with Crippen LogP contribution in [-0.2, 0) is 11.8 Å². The highest BCUT2D eigenvalue weighted by Gasteiger charge is 2.44. The van der Waals surface area contributed by atoms with Crippen molar-refractivity contribution < 1.29 is 27.1 Å². The fraction of sp³-hybridized carbons (Fsp3) is 0.700. The van der Waals surface area contributed by atoms with Crippen molar-refractivity contribution in [3.8, 4) is 0 Å². The van der Waals surface area contributed by atoms with E-state index in [4.69, 9.17) is 0 Å². The first-order chi connectivity index (χ1) is 12.1. The predicted molar refractivity (Wildman–Crippen MR) is 88.3 cm³/mol. The van der Waals surface area contributed by atoms with Gasteiger partial charge in [-0.05, 0) is 62.3 Å². The lowest BCUT2D eigenvalue weighted by Crippen LogP contribution is -2.36. The summed E-state index contributed by atoms with van der Waals surface area (Å²) in [5.74, 6) is -1.58.